The van der Waals surface area contributed by atoms with Gasteiger partial charge in [-0.2, -0.15) is 0 Å². The largest absolute Gasteiger partial charge is 0.508 e. The summed E-state index contributed by atoms with van der Waals surface area (Å²) in [6.45, 7) is 0.713. The van der Waals surface area contributed by atoms with Gasteiger partial charge in [-0.3, -0.25) is 28.0 Å². The van der Waals surface area contributed by atoms with Crippen LogP contribution in [0.15, 0.2) is 9.59 Å². The lowest BCUT2D eigenvalue weighted by molar-refractivity contribution is 0.165. The minimum atomic E-state index is -1.85. The maximum absolute atomic E-state index is 15.3. The lowest BCUT2D eigenvalue weighted by Gasteiger charge is -2.34. The third kappa shape index (κ3) is 3.30. The van der Waals surface area contributed by atoms with Gasteiger partial charge in [-0.1, -0.05) is 0 Å². The molecule has 3 aliphatic rings. The molecular formula is C20H27F3N4O3. The highest BCUT2D eigenvalue weighted by Crippen LogP contribution is 2.34. The van der Waals surface area contributed by atoms with Crippen LogP contribution in [0.1, 0.15) is 32.2 Å². The molecular weight excluding hydrogens is 401 g/mol. The number of fused-ring (bicyclic) bond motifs is 1. The third-order valence-electron chi connectivity index (χ3n) is 6.80. The van der Waals surface area contributed by atoms with Crippen LogP contribution < -0.4 is 27.6 Å². The molecule has 1 aliphatic heterocycles. The van der Waals surface area contributed by atoms with Crippen LogP contribution in [0.2, 0.25) is 0 Å². The number of hydrogen-bond acceptors (Lipinski definition) is 5. The molecule has 4 N–H and O–H groups in total. The molecule has 1 aromatic heterocycles. The Morgan fingerprint density at radius 2 is 1.90 bits per heavy atom. The highest BCUT2D eigenvalue weighted by atomic mass is 19.1. The van der Waals surface area contributed by atoms with Gasteiger partial charge in [0.1, 0.15) is 11.0 Å². The second-order valence-electron chi connectivity index (χ2n) is 8.69. The van der Waals surface area contributed by atoms with Gasteiger partial charge in [0.15, 0.2) is 6.17 Å². The zero-order valence-corrected chi connectivity index (χ0v) is 16.8. The summed E-state index contributed by atoms with van der Waals surface area (Å²) in [4.78, 5) is 28.8. The zero-order chi connectivity index (χ0) is 21.7. The van der Waals surface area contributed by atoms with Crippen molar-refractivity contribution in [3.8, 4) is 0 Å². The molecule has 2 aliphatic carbocycles. The van der Waals surface area contributed by atoms with E-state index in [2.05, 4.69) is 4.98 Å². The van der Waals surface area contributed by atoms with Crippen LogP contribution in [0.4, 0.5) is 13.2 Å². The van der Waals surface area contributed by atoms with E-state index in [1.165, 1.54) is 4.57 Å². The highest BCUT2D eigenvalue weighted by Gasteiger charge is 2.42. The highest BCUT2D eigenvalue weighted by molar-refractivity contribution is 5.60. The van der Waals surface area contributed by atoms with Crippen molar-refractivity contribution in [2.45, 2.75) is 50.5 Å². The van der Waals surface area contributed by atoms with E-state index >= 15 is 4.39 Å². The summed E-state index contributed by atoms with van der Waals surface area (Å²) in [7, 11) is 0. The van der Waals surface area contributed by atoms with Crippen molar-refractivity contribution in [3.63, 3.8) is 0 Å². The van der Waals surface area contributed by atoms with Gasteiger partial charge < -0.3 is 10.8 Å². The van der Waals surface area contributed by atoms with E-state index in [0.717, 1.165) is 12.8 Å². The Bertz CT molecular complexity index is 1060. The van der Waals surface area contributed by atoms with Crippen molar-refractivity contribution in [2.75, 3.05) is 26.4 Å². The summed E-state index contributed by atoms with van der Waals surface area (Å²) in [6.07, 6.45) is 0.235. The lowest BCUT2D eigenvalue weighted by atomic mass is 9.89. The molecule has 0 amide bonds. The molecule has 1 saturated carbocycles. The zero-order valence-electron chi connectivity index (χ0n) is 16.8. The second-order valence-corrected chi connectivity index (χ2v) is 8.69. The quantitative estimate of drug-likeness (QED) is 0.574. The van der Waals surface area contributed by atoms with E-state index in [9.17, 15) is 23.5 Å². The van der Waals surface area contributed by atoms with E-state index in [-0.39, 0.29) is 22.5 Å². The van der Waals surface area contributed by atoms with Crippen molar-refractivity contribution in [2.24, 2.45) is 17.6 Å². The van der Waals surface area contributed by atoms with Crippen molar-refractivity contribution in [1.82, 2.24) is 14.5 Å². The van der Waals surface area contributed by atoms with Crippen molar-refractivity contribution in [3.05, 3.63) is 31.4 Å². The van der Waals surface area contributed by atoms with E-state index < -0.39 is 54.5 Å². The van der Waals surface area contributed by atoms with Crippen molar-refractivity contribution >= 4 is 11.3 Å². The standard InChI is InChI=1S/C20H27F3N4O3/c1-9-16-13(19(29)25-20(30)27(16)12-2-3-12)18(28)14(23)17(9)26-5-4-10(8-26)15(24)11(6-21)7-22/h10-12,14-15,17,28H,2-8,24H2,1H3,(H,25,29,30). The minimum absolute atomic E-state index is 0.0859. The molecule has 4 rings (SSSR count). The fraction of sp³-hybridized carbons (Fsp3) is 0.700. The van der Waals surface area contributed by atoms with Crippen LogP contribution in [0, 0.1) is 11.8 Å². The Hall–Kier alpha value is -2.07. The van der Waals surface area contributed by atoms with Gasteiger partial charge in [0.25, 0.3) is 5.56 Å². The number of nitrogens with zero attached hydrogens (tertiary/aromatic N) is 2. The average Bonchev–Trinajstić information content (AvgIpc) is 3.43. The van der Waals surface area contributed by atoms with Gasteiger partial charge in [-0.15, -0.1) is 0 Å². The molecule has 0 spiro atoms. The monoisotopic (exact) mass is 428 g/mol. The summed E-state index contributed by atoms with van der Waals surface area (Å²) < 4.78 is 42.9. The SMILES string of the molecule is CC1=c2c(c(=O)[nH]c(=O)n2C2CC2)=C(O)C(F)C1N1CCC(C(N)C(CF)CF)C1. The molecule has 10 heteroatoms. The molecule has 7 nitrogen and oxygen atoms in total. The van der Waals surface area contributed by atoms with E-state index in [1.54, 1.807) is 11.8 Å². The Morgan fingerprint density at radius 3 is 2.50 bits per heavy atom. The molecule has 30 heavy (non-hydrogen) atoms. The Morgan fingerprint density at radius 1 is 1.23 bits per heavy atom. The Kier molecular flexibility index (Phi) is 5.56. The van der Waals surface area contributed by atoms with Crippen LogP contribution in [-0.4, -0.2) is 64.3 Å². The average molecular weight is 428 g/mol. The molecule has 4 atom stereocenters. The lowest BCUT2D eigenvalue weighted by Crippen LogP contribution is -2.61. The van der Waals surface area contributed by atoms with Crippen LogP contribution >= 0.6 is 0 Å². The van der Waals surface area contributed by atoms with Gasteiger partial charge in [-0.25, -0.2) is 9.18 Å². The fourth-order valence-corrected chi connectivity index (χ4v) is 4.98. The number of rotatable bonds is 6. The second kappa shape index (κ2) is 7.88. The third-order valence-corrected chi connectivity index (χ3v) is 6.80. The van der Waals surface area contributed by atoms with Gasteiger partial charge in [-0.05, 0) is 44.2 Å². The van der Waals surface area contributed by atoms with E-state index in [4.69, 9.17) is 5.73 Å². The number of nitrogens with two attached hydrogens (primary N) is 1. The maximum atomic E-state index is 15.3. The first-order valence-corrected chi connectivity index (χ1v) is 10.3. The first-order valence-electron chi connectivity index (χ1n) is 10.3. The number of aromatic nitrogens is 2. The van der Waals surface area contributed by atoms with Crippen molar-refractivity contribution < 1.29 is 18.3 Å². The predicted molar refractivity (Wildman–Crippen MR) is 106 cm³/mol. The van der Waals surface area contributed by atoms with Crippen LogP contribution in [0.25, 0.3) is 11.3 Å². The first-order chi connectivity index (χ1) is 14.3. The topological polar surface area (TPSA) is 104 Å². The molecule has 2 fully saturated rings. The number of aliphatic hydroxyl groups excluding tert-OH is 1. The molecule has 1 aromatic rings. The van der Waals surface area contributed by atoms with Gasteiger partial charge in [0.05, 0.1) is 24.7 Å². The molecule has 2 heterocycles. The number of hydrogen-bond donors (Lipinski definition) is 3. The first kappa shape index (κ1) is 21.2. The molecule has 0 bridgehead atoms. The fourth-order valence-electron chi connectivity index (χ4n) is 4.98. The smallest absolute Gasteiger partial charge is 0.329 e. The van der Waals surface area contributed by atoms with Crippen LogP contribution in [0.3, 0.4) is 0 Å². The Labute approximate surface area is 170 Å². The Balaban J connectivity index is 1.76. The molecule has 1 saturated heterocycles. The minimum Gasteiger partial charge on any atom is -0.508 e. The van der Waals surface area contributed by atoms with Crippen molar-refractivity contribution in [1.29, 1.82) is 0 Å². The molecule has 0 aromatic carbocycles. The van der Waals surface area contributed by atoms with Gasteiger partial charge in [0.2, 0.25) is 0 Å². The van der Waals surface area contributed by atoms with Gasteiger partial charge in [0, 0.05) is 24.5 Å². The summed E-state index contributed by atoms with van der Waals surface area (Å²) in [5, 5.41) is 10.6. The van der Waals surface area contributed by atoms with Crippen LogP contribution in [0.5, 0.6) is 0 Å². The molecule has 166 valence electrons. The van der Waals surface area contributed by atoms with Gasteiger partial charge >= 0.3 is 5.69 Å². The van der Waals surface area contributed by atoms with E-state index in [0.29, 0.717) is 25.1 Å². The number of halogens is 3. The summed E-state index contributed by atoms with van der Waals surface area (Å²) in [6, 6.07) is -1.66. The predicted octanol–water partition coefficient (Wildman–Crippen LogP) is -0.367. The van der Waals surface area contributed by atoms with E-state index in [1.807, 2.05) is 0 Å². The number of aromatic amines is 1. The summed E-state index contributed by atoms with van der Waals surface area (Å²) in [5.41, 5.74) is 5.19. The molecule has 4 unspecified atom stereocenters. The summed E-state index contributed by atoms with van der Waals surface area (Å²) in [5.74, 6) is -1.80. The summed E-state index contributed by atoms with van der Waals surface area (Å²) >= 11 is 0. The molecule has 0 radical (unpaired) electrons. The normalized spacial score (nSPS) is 28.3. The number of aliphatic hydroxyl groups is 1. The maximum Gasteiger partial charge on any atom is 0.329 e. The number of H-pyrrole nitrogens is 1. The number of nitrogens with one attached hydrogen (secondary N) is 1. The van der Waals surface area contributed by atoms with Crippen LogP contribution in [-0.2, 0) is 0 Å². The number of alkyl halides is 3. The number of likely N-dealkylation sites (tertiary alicyclic amines) is 1.